The van der Waals surface area contributed by atoms with Crippen LogP contribution in [0.4, 0.5) is 11.4 Å². The summed E-state index contributed by atoms with van der Waals surface area (Å²) in [6.45, 7) is 8.10. The summed E-state index contributed by atoms with van der Waals surface area (Å²) in [7, 11) is 0. The average molecular weight is 399 g/mol. The first kappa shape index (κ1) is 20.0. The highest BCUT2D eigenvalue weighted by Gasteiger charge is 2.37. The standard InChI is InChI=1S/C22H23ClN2O3/c1-4-11-25-18-10-9-17(13-19(18)28-14-22(2,3)21(25)27)24-20(26)12-15-5-7-16(23)8-6-15/h4-10,13H,1,11-12,14H2,2-3H3,(H,24,26). The number of halogens is 1. The molecule has 0 saturated heterocycles. The van der Waals surface area contributed by atoms with Crippen molar-refractivity contribution in [2.45, 2.75) is 20.3 Å². The Bertz CT molecular complexity index is 906. The molecule has 1 aliphatic rings. The Labute approximate surface area is 169 Å². The SMILES string of the molecule is C=CCN1C(=O)C(C)(C)COc2cc(NC(=O)Cc3ccc(Cl)cc3)ccc21. The molecule has 0 aliphatic carbocycles. The number of amides is 2. The van der Waals surface area contributed by atoms with Gasteiger partial charge in [-0.05, 0) is 43.7 Å². The molecule has 2 amide bonds. The smallest absolute Gasteiger partial charge is 0.236 e. The van der Waals surface area contributed by atoms with Crippen molar-refractivity contribution < 1.29 is 14.3 Å². The Hall–Kier alpha value is -2.79. The van der Waals surface area contributed by atoms with E-state index in [-0.39, 0.29) is 24.8 Å². The number of anilines is 2. The van der Waals surface area contributed by atoms with E-state index in [9.17, 15) is 9.59 Å². The molecular weight excluding hydrogens is 376 g/mol. The number of hydrogen-bond donors (Lipinski definition) is 1. The molecule has 1 aliphatic heterocycles. The van der Waals surface area contributed by atoms with Crippen LogP contribution in [0.5, 0.6) is 5.75 Å². The maximum Gasteiger partial charge on any atom is 0.236 e. The van der Waals surface area contributed by atoms with Crippen molar-refractivity contribution in [1.82, 2.24) is 0 Å². The molecule has 0 aromatic heterocycles. The topological polar surface area (TPSA) is 58.6 Å². The zero-order chi connectivity index (χ0) is 20.3. The first-order valence-corrected chi connectivity index (χ1v) is 9.42. The molecule has 2 aromatic rings. The first-order valence-electron chi connectivity index (χ1n) is 9.04. The van der Waals surface area contributed by atoms with Crippen LogP contribution < -0.4 is 15.0 Å². The number of nitrogens with one attached hydrogen (secondary N) is 1. The van der Waals surface area contributed by atoms with Crippen molar-refractivity contribution >= 4 is 34.8 Å². The molecule has 5 nitrogen and oxygen atoms in total. The lowest BCUT2D eigenvalue weighted by Gasteiger charge is -2.27. The second-order valence-electron chi connectivity index (χ2n) is 7.41. The van der Waals surface area contributed by atoms with Crippen LogP contribution in [-0.4, -0.2) is 25.0 Å². The Balaban J connectivity index is 1.79. The fourth-order valence-electron chi connectivity index (χ4n) is 3.03. The summed E-state index contributed by atoms with van der Waals surface area (Å²) < 4.78 is 5.90. The third kappa shape index (κ3) is 4.37. The Kier molecular flexibility index (Phi) is 5.75. The highest BCUT2D eigenvalue weighted by molar-refractivity contribution is 6.30. The number of benzene rings is 2. The largest absolute Gasteiger partial charge is 0.490 e. The molecule has 0 saturated carbocycles. The van der Waals surface area contributed by atoms with Crippen LogP contribution in [0.1, 0.15) is 19.4 Å². The van der Waals surface area contributed by atoms with Gasteiger partial charge < -0.3 is 15.0 Å². The predicted molar refractivity (Wildman–Crippen MR) is 112 cm³/mol. The van der Waals surface area contributed by atoms with Gasteiger partial charge in [-0.15, -0.1) is 6.58 Å². The van der Waals surface area contributed by atoms with E-state index in [1.807, 2.05) is 26.0 Å². The summed E-state index contributed by atoms with van der Waals surface area (Å²) in [5, 5.41) is 3.51. The molecule has 0 unspecified atom stereocenters. The van der Waals surface area contributed by atoms with Crippen LogP contribution in [0.15, 0.2) is 55.1 Å². The van der Waals surface area contributed by atoms with E-state index >= 15 is 0 Å². The Morgan fingerprint density at radius 3 is 2.68 bits per heavy atom. The van der Waals surface area contributed by atoms with E-state index < -0.39 is 5.41 Å². The summed E-state index contributed by atoms with van der Waals surface area (Å²) in [6, 6.07) is 12.5. The molecule has 0 radical (unpaired) electrons. The van der Waals surface area contributed by atoms with Crippen LogP contribution in [0.25, 0.3) is 0 Å². The average Bonchev–Trinajstić information content (AvgIpc) is 2.74. The van der Waals surface area contributed by atoms with E-state index in [2.05, 4.69) is 11.9 Å². The minimum atomic E-state index is -0.653. The highest BCUT2D eigenvalue weighted by Crippen LogP contribution is 2.38. The van der Waals surface area contributed by atoms with Gasteiger partial charge in [-0.2, -0.15) is 0 Å². The molecule has 0 bridgehead atoms. The number of carbonyl (C=O) groups is 2. The molecule has 6 heteroatoms. The maximum atomic E-state index is 12.8. The maximum absolute atomic E-state index is 12.8. The van der Waals surface area contributed by atoms with Gasteiger partial charge in [-0.25, -0.2) is 0 Å². The van der Waals surface area contributed by atoms with Gasteiger partial charge in [0.15, 0.2) is 0 Å². The zero-order valence-electron chi connectivity index (χ0n) is 16.0. The second-order valence-corrected chi connectivity index (χ2v) is 7.85. The number of fused-ring (bicyclic) bond motifs is 1. The van der Waals surface area contributed by atoms with Crippen LogP contribution in [-0.2, 0) is 16.0 Å². The van der Waals surface area contributed by atoms with Gasteiger partial charge in [0.25, 0.3) is 0 Å². The van der Waals surface area contributed by atoms with Crippen molar-refractivity contribution in [3.63, 3.8) is 0 Å². The van der Waals surface area contributed by atoms with Crippen LogP contribution in [0, 0.1) is 5.41 Å². The van der Waals surface area contributed by atoms with E-state index in [0.717, 1.165) is 5.56 Å². The quantitative estimate of drug-likeness (QED) is 0.756. The molecule has 146 valence electrons. The lowest BCUT2D eigenvalue weighted by Crippen LogP contribution is -2.42. The van der Waals surface area contributed by atoms with E-state index in [1.54, 1.807) is 41.3 Å². The number of nitrogens with zero attached hydrogens (tertiary/aromatic N) is 1. The molecule has 1 N–H and O–H groups in total. The van der Waals surface area contributed by atoms with Crippen molar-refractivity contribution in [3.8, 4) is 5.75 Å². The first-order chi connectivity index (χ1) is 13.3. The van der Waals surface area contributed by atoms with Gasteiger partial charge in [0.2, 0.25) is 11.8 Å². The lowest BCUT2D eigenvalue weighted by atomic mass is 9.93. The summed E-state index contributed by atoms with van der Waals surface area (Å²) in [5.74, 6) is 0.394. The normalized spacial score (nSPS) is 15.2. The fourth-order valence-corrected chi connectivity index (χ4v) is 3.15. The van der Waals surface area contributed by atoms with Gasteiger partial charge >= 0.3 is 0 Å². The third-order valence-corrected chi connectivity index (χ3v) is 4.79. The molecule has 0 atom stereocenters. The number of ether oxygens (including phenoxy) is 1. The minimum Gasteiger partial charge on any atom is -0.490 e. The Morgan fingerprint density at radius 1 is 1.29 bits per heavy atom. The molecule has 1 heterocycles. The van der Waals surface area contributed by atoms with E-state index in [0.29, 0.717) is 28.7 Å². The van der Waals surface area contributed by atoms with Crippen molar-refractivity contribution in [1.29, 1.82) is 0 Å². The van der Waals surface area contributed by atoms with Crippen molar-refractivity contribution in [3.05, 3.63) is 65.7 Å². The van der Waals surface area contributed by atoms with Gasteiger partial charge in [-0.1, -0.05) is 29.8 Å². The van der Waals surface area contributed by atoms with Crippen LogP contribution in [0.3, 0.4) is 0 Å². The molecule has 0 fully saturated rings. The summed E-state index contributed by atoms with van der Waals surface area (Å²) in [6.07, 6.45) is 1.92. The van der Waals surface area contributed by atoms with E-state index in [1.165, 1.54) is 0 Å². The number of carbonyl (C=O) groups excluding carboxylic acids is 2. The number of hydrogen-bond acceptors (Lipinski definition) is 3. The lowest BCUT2D eigenvalue weighted by molar-refractivity contribution is -0.127. The monoisotopic (exact) mass is 398 g/mol. The molecule has 3 rings (SSSR count). The van der Waals surface area contributed by atoms with Gasteiger partial charge in [0.05, 0.1) is 17.5 Å². The van der Waals surface area contributed by atoms with Crippen LogP contribution >= 0.6 is 11.6 Å². The number of rotatable bonds is 5. The van der Waals surface area contributed by atoms with Gasteiger partial charge in [0.1, 0.15) is 12.4 Å². The molecule has 28 heavy (non-hydrogen) atoms. The van der Waals surface area contributed by atoms with Crippen LogP contribution in [0.2, 0.25) is 5.02 Å². The Morgan fingerprint density at radius 2 is 2.00 bits per heavy atom. The summed E-state index contributed by atoms with van der Waals surface area (Å²) in [4.78, 5) is 26.9. The second kappa shape index (κ2) is 8.07. The van der Waals surface area contributed by atoms with E-state index in [4.69, 9.17) is 16.3 Å². The molecule has 2 aromatic carbocycles. The minimum absolute atomic E-state index is 0.0225. The highest BCUT2D eigenvalue weighted by atomic mass is 35.5. The molecule has 0 spiro atoms. The zero-order valence-corrected chi connectivity index (χ0v) is 16.8. The van der Waals surface area contributed by atoms with Gasteiger partial charge in [0, 0.05) is 23.3 Å². The van der Waals surface area contributed by atoms with Crippen molar-refractivity contribution in [2.24, 2.45) is 5.41 Å². The fraction of sp³-hybridized carbons (Fsp3) is 0.273. The predicted octanol–water partition coefficient (Wildman–Crippen LogP) is 4.46. The van der Waals surface area contributed by atoms with Crippen molar-refractivity contribution in [2.75, 3.05) is 23.4 Å². The summed E-state index contributed by atoms with van der Waals surface area (Å²) in [5.41, 5.74) is 1.51. The van der Waals surface area contributed by atoms with Gasteiger partial charge in [-0.3, -0.25) is 9.59 Å². The molecular formula is C22H23ClN2O3. The third-order valence-electron chi connectivity index (χ3n) is 4.54. The summed E-state index contributed by atoms with van der Waals surface area (Å²) >= 11 is 5.87.